The summed E-state index contributed by atoms with van der Waals surface area (Å²) in [6.07, 6.45) is 3.40. The molecule has 2 aromatic rings. The van der Waals surface area contributed by atoms with Gasteiger partial charge in [-0.2, -0.15) is 0 Å². The van der Waals surface area contributed by atoms with Crippen LogP contribution in [0.25, 0.3) is 10.9 Å². The van der Waals surface area contributed by atoms with Crippen molar-refractivity contribution in [3.63, 3.8) is 0 Å². The first-order valence-corrected chi connectivity index (χ1v) is 3.58. The first-order chi connectivity index (χ1) is 5.83. The van der Waals surface area contributed by atoms with Gasteiger partial charge in [0, 0.05) is 12.4 Å². The molecule has 0 saturated carbocycles. The number of hydrogen-bond donors (Lipinski definition) is 1. The molecule has 0 amide bonds. The maximum Gasteiger partial charge on any atom is 0.237 e. The third-order valence-electron chi connectivity index (χ3n) is 1.79. The summed E-state index contributed by atoms with van der Waals surface area (Å²) in [5, 5.41) is 0.946. The van der Waals surface area contributed by atoms with E-state index in [-0.39, 0.29) is 0 Å². The maximum absolute atomic E-state index is 5.69. The third kappa shape index (κ3) is 0.880. The molecule has 0 saturated heterocycles. The van der Waals surface area contributed by atoms with Crippen molar-refractivity contribution >= 4 is 24.2 Å². The van der Waals surface area contributed by atoms with Crippen molar-refractivity contribution in [2.75, 3.05) is 7.11 Å². The van der Waals surface area contributed by atoms with E-state index in [0.29, 0.717) is 11.3 Å². The molecule has 0 unspecified atom stereocenters. The molecule has 0 atom stereocenters. The summed E-state index contributed by atoms with van der Waals surface area (Å²) >= 11 is 0. The van der Waals surface area contributed by atoms with Crippen LogP contribution in [0.4, 0.5) is 0 Å². The zero-order valence-electron chi connectivity index (χ0n) is 6.66. The molecule has 0 spiro atoms. The summed E-state index contributed by atoms with van der Waals surface area (Å²) < 4.78 is 5.04. The number of nitrogens with zero attached hydrogens (tertiary/aromatic N) is 1. The van der Waals surface area contributed by atoms with Crippen LogP contribution in [-0.4, -0.2) is 24.9 Å². The predicted molar refractivity (Wildman–Crippen MR) is 48.0 cm³/mol. The van der Waals surface area contributed by atoms with Gasteiger partial charge in [0.15, 0.2) is 0 Å². The molecule has 3 nitrogen and oxygen atoms in total. The quantitative estimate of drug-likeness (QED) is 0.608. The fourth-order valence-corrected chi connectivity index (χ4v) is 1.20. The number of nitrogens with one attached hydrogen (secondary N) is 1. The molecule has 0 aliphatic heterocycles. The molecule has 2 rings (SSSR count). The van der Waals surface area contributed by atoms with Crippen LogP contribution in [0.1, 0.15) is 0 Å². The Hall–Kier alpha value is -1.45. The molecule has 2 heterocycles. The number of ether oxygens (including phenoxy) is 1. The molecule has 2 radical (unpaired) electrons. The average Bonchev–Trinajstić information content (AvgIpc) is 2.54. The van der Waals surface area contributed by atoms with Crippen molar-refractivity contribution in [2.24, 2.45) is 0 Å². The lowest BCUT2D eigenvalue weighted by molar-refractivity contribution is 0.402. The fourth-order valence-electron chi connectivity index (χ4n) is 1.20. The second kappa shape index (κ2) is 2.55. The number of aromatic nitrogens is 2. The normalized spacial score (nSPS) is 10.4. The molecule has 0 aliphatic rings. The van der Waals surface area contributed by atoms with Crippen molar-refractivity contribution in [2.45, 2.75) is 0 Å². The van der Waals surface area contributed by atoms with Crippen LogP contribution in [-0.2, 0) is 0 Å². The average molecular weight is 158 g/mol. The number of methoxy groups -OCH3 is 1. The minimum Gasteiger partial charge on any atom is -0.480 e. The molecule has 12 heavy (non-hydrogen) atoms. The summed E-state index contributed by atoms with van der Waals surface area (Å²) in [7, 11) is 7.27. The Bertz CT molecular complexity index is 410. The molecular formula is C8H7BN2O. The fraction of sp³-hybridized carbons (Fsp3) is 0.125. The molecule has 0 aliphatic carbocycles. The zero-order valence-corrected chi connectivity index (χ0v) is 6.66. The van der Waals surface area contributed by atoms with Gasteiger partial charge in [0.25, 0.3) is 0 Å². The van der Waals surface area contributed by atoms with Crippen LogP contribution in [0.15, 0.2) is 18.5 Å². The Morgan fingerprint density at radius 3 is 3.17 bits per heavy atom. The van der Waals surface area contributed by atoms with Gasteiger partial charge < -0.3 is 9.72 Å². The van der Waals surface area contributed by atoms with Gasteiger partial charge in [-0.15, -0.1) is 0 Å². The first kappa shape index (κ1) is 7.22. The van der Waals surface area contributed by atoms with Crippen molar-refractivity contribution in [1.29, 1.82) is 0 Å². The minimum atomic E-state index is 0.573. The van der Waals surface area contributed by atoms with E-state index in [1.807, 2.05) is 12.3 Å². The van der Waals surface area contributed by atoms with Crippen molar-refractivity contribution in [3.8, 4) is 5.88 Å². The number of pyridine rings is 1. The first-order valence-electron chi connectivity index (χ1n) is 3.58. The number of rotatable bonds is 1. The summed E-state index contributed by atoms with van der Waals surface area (Å²) in [5.41, 5.74) is 1.50. The van der Waals surface area contributed by atoms with Crippen molar-refractivity contribution < 1.29 is 4.74 Å². The predicted octanol–water partition coefficient (Wildman–Crippen LogP) is 0.365. The molecule has 0 aromatic carbocycles. The lowest BCUT2D eigenvalue weighted by Crippen LogP contribution is -2.05. The maximum atomic E-state index is 5.69. The topological polar surface area (TPSA) is 37.9 Å². The Labute approximate surface area is 71.2 Å². The van der Waals surface area contributed by atoms with Gasteiger partial charge in [-0.3, -0.25) is 0 Å². The van der Waals surface area contributed by atoms with E-state index >= 15 is 0 Å². The monoisotopic (exact) mass is 158 g/mol. The highest BCUT2D eigenvalue weighted by atomic mass is 16.5. The third-order valence-corrected chi connectivity index (χ3v) is 1.79. The van der Waals surface area contributed by atoms with E-state index in [1.54, 1.807) is 13.3 Å². The molecule has 2 aromatic heterocycles. The number of H-pyrrole nitrogens is 1. The second-order valence-corrected chi connectivity index (χ2v) is 2.49. The van der Waals surface area contributed by atoms with Gasteiger partial charge in [-0.05, 0) is 11.5 Å². The van der Waals surface area contributed by atoms with Crippen molar-refractivity contribution in [3.05, 3.63) is 18.5 Å². The summed E-state index contributed by atoms with van der Waals surface area (Å²) in [4.78, 5) is 7.03. The summed E-state index contributed by atoms with van der Waals surface area (Å²) in [5.74, 6) is 0.573. The highest BCUT2D eigenvalue weighted by Gasteiger charge is 2.04. The van der Waals surface area contributed by atoms with Crippen LogP contribution in [0.3, 0.4) is 0 Å². The van der Waals surface area contributed by atoms with Crippen LogP contribution < -0.4 is 10.2 Å². The Morgan fingerprint density at radius 1 is 1.58 bits per heavy atom. The largest absolute Gasteiger partial charge is 0.480 e. The Morgan fingerprint density at radius 2 is 2.42 bits per heavy atom. The minimum absolute atomic E-state index is 0.573. The molecule has 0 fully saturated rings. The lowest BCUT2D eigenvalue weighted by Gasteiger charge is -2.01. The number of fused-ring (bicyclic) bond motifs is 1. The van der Waals surface area contributed by atoms with E-state index in [0.717, 1.165) is 10.9 Å². The SMILES string of the molecule is [B]c1cnc(OC)c2[nH]ccc12. The van der Waals surface area contributed by atoms with E-state index < -0.39 is 0 Å². The van der Waals surface area contributed by atoms with E-state index in [2.05, 4.69) is 9.97 Å². The summed E-state index contributed by atoms with van der Waals surface area (Å²) in [6.45, 7) is 0. The highest BCUT2D eigenvalue weighted by Crippen LogP contribution is 2.18. The van der Waals surface area contributed by atoms with Crippen LogP contribution in [0.5, 0.6) is 5.88 Å². The van der Waals surface area contributed by atoms with Gasteiger partial charge in [0.1, 0.15) is 13.4 Å². The molecule has 1 N–H and O–H groups in total. The molecular weight excluding hydrogens is 151 g/mol. The van der Waals surface area contributed by atoms with Crippen LogP contribution in [0, 0.1) is 0 Å². The van der Waals surface area contributed by atoms with Gasteiger partial charge in [0.05, 0.1) is 7.11 Å². The van der Waals surface area contributed by atoms with Crippen LogP contribution in [0.2, 0.25) is 0 Å². The van der Waals surface area contributed by atoms with Gasteiger partial charge in [0.2, 0.25) is 5.88 Å². The zero-order chi connectivity index (χ0) is 8.55. The van der Waals surface area contributed by atoms with E-state index in [4.69, 9.17) is 12.6 Å². The number of hydrogen-bond acceptors (Lipinski definition) is 2. The van der Waals surface area contributed by atoms with Gasteiger partial charge in [-0.25, -0.2) is 4.98 Å². The van der Waals surface area contributed by atoms with Gasteiger partial charge >= 0.3 is 0 Å². The Balaban J connectivity index is 2.82. The standard InChI is InChI=1S/C8H7BN2O/c1-12-8-7-5(2-3-10-7)6(9)4-11-8/h2-4,10H,1H3. The summed E-state index contributed by atoms with van der Waals surface area (Å²) in [6, 6.07) is 1.90. The van der Waals surface area contributed by atoms with Crippen molar-refractivity contribution in [1.82, 2.24) is 9.97 Å². The molecule has 58 valence electrons. The second-order valence-electron chi connectivity index (χ2n) is 2.49. The Kier molecular flexibility index (Phi) is 1.53. The van der Waals surface area contributed by atoms with Crippen LogP contribution >= 0.6 is 0 Å². The molecule has 4 heteroatoms. The van der Waals surface area contributed by atoms with Gasteiger partial charge in [-0.1, -0.05) is 5.46 Å². The highest BCUT2D eigenvalue weighted by molar-refractivity contribution is 6.38. The van der Waals surface area contributed by atoms with E-state index in [9.17, 15) is 0 Å². The number of aromatic amines is 1. The lowest BCUT2D eigenvalue weighted by atomic mass is 9.95. The molecule has 0 bridgehead atoms. The van der Waals surface area contributed by atoms with E-state index in [1.165, 1.54) is 0 Å². The smallest absolute Gasteiger partial charge is 0.237 e.